The van der Waals surface area contributed by atoms with Gasteiger partial charge in [0.15, 0.2) is 0 Å². The summed E-state index contributed by atoms with van der Waals surface area (Å²) in [6.07, 6.45) is 0.247. The number of anilines is 1. The molecule has 0 aliphatic rings. The van der Waals surface area contributed by atoms with E-state index in [0.717, 1.165) is 11.1 Å². The number of aryl methyl sites for hydroxylation is 1. The fraction of sp³-hybridized carbons (Fsp3) is 0.125. The Hall–Kier alpha value is -2.14. The highest BCUT2D eigenvalue weighted by Gasteiger charge is 2.09. The van der Waals surface area contributed by atoms with E-state index in [9.17, 15) is 9.59 Å². The molecule has 0 aliphatic heterocycles. The maximum Gasteiger partial charge on any atom is 0.335 e. The minimum absolute atomic E-state index is 0.121. The van der Waals surface area contributed by atoms with Crippen LogP contribution in [0.2, 0.25) is 0 Å². The van der Waals surface area contributed by atoms with E-state index in [4.69, 9.17) is 5.11 Å². The average molecular weight is 348 g/mol. The van der Waals surface area contributed by atoms with Gasteiger partial charge in [-0.15, -0.1) is 0 Å². The molecule has 0 aliphatic carbocycles. The number of carboxylic acids is 1. The van der Waals surface area contributed by atoms with Gasteiger partial charge in [-0.1, -0.05) is 45.8 Å². The molecule has 5 heteroatoms. The molecule has 0 unspecified atom stereocenters. The fourth-order valence-electron chi connectivity index (χ4n) is 2.00. The van der Waals surface area contributed by atoms with Gasteiger partial charge in [0, 0.05) is 10.2 Å². The molecule has 0 spiro atoms. The standard InChI is InChI=1S/C16H14BrNO3/c1-10-3-2-4-11(5-10)6-15(19)18-14-8-12(16(20)21)7-13(17)9-14/h2-5,7-9H,6H2,1H3,(H,18,19)(H,20,21). The van der Waals surface area contributed by atoms with Gasteiger partial charge in [0.2, 0.25) is 5.91 Å². The zero-order valence-corrected chi connectivity index (χ0v) is 13.0. The van der Waals surface area contributed by atoms with E-state index in [-0.39, 0.29) is 17.9 Å². The van der Waals surface area contributed by atoms with E-state index in [1.54, 1.807) is 6.07 Å². The number of aromatic carboxylic acids is 1. The molecule has 0 heterocycles. The van der Waals surface area contributed by atoms with Crippen LogP contribution in [0.25, 0.3) is 0 Å². The zero-order valence-electron chi connectivity index (χ0n) is 11.4. The van der Waals surface area contributed by atoms with Gasteiger partial charge >= 0.3 is 5.97 Å². The van der Waals surface area contributed by atoms with Crippen LogP contribution in [-0.2, 0) is 11.2 Å². The van der Waals surface area contributed by atoms with Crippen molar-refractivity contribution < 1.29 is 14.7 Å². The van der Waals surface area contributed by atoms with Gasteiger partial charge in [-0.3, -0.25) is 4.79 Å². The Kier molecular flexibility index (Phi) is 4.75. The molecule has 21 heavy (non-hydrogen) atoms. The number of carboxylic acid groups (broad SMARTS) is 1. The van der Waals surface area contributed by atoms with Crippen molar-refractivity contribution in [3.63, 3.8) is 0 Å². The van der Waals surface area contributed by atoms with Gasteiger partial charge in [0.1, 0.15) is 0 Å². The normalized spacial score (nSPS) is 10.2. The Morgan fingerprint density at radius 2 is 1.95 bits per heavy atom. The van der Waals surface area contributed by atoms with Crippen LogP contribution >= 0.6 is 15.9 Å². The van der Waals surface area contributed by atoms with Crippen molar-refractivity contribution in [2.24, 2.45) is 0 Å². The Balaban J connectivity index is 2.11. The largest absolute Gasteiger partial charge is 0.478 e. The molecular formula is C16H14BrNO3. The Bertz CT molecular complexity index is 698. The summed E-state index contributed by atoms with van der Waals surface area (Å²) in [5.41, 5.74) is 2.59. The summed E-state index contributed by atoms with van der Waals surface area (Å²) in [7, 11) is 0. The lowest BCUT2D eigenvalue weighted by Crippen LogP contribution is -2.15. The second-order valence-corrected chi connectivity index (χ2v) is 5.66. The van der Waals surface area contributed by atoms with E-state index in [0.29, 0.717) is 10.2 Å². The Morgan fingerprint density at radius 1 is 1.19 bits per heavy atom. The van der Waals surface area contributed by atoms with Crippen LogP contribution in [0.3, 0.4) is 0 Å². The van der Waals surface area contributed by atoms with E-state index in [2.05, 4.69) is 21.2 Å². The highest BCUT2D eigenvalue weighted by Crippen LogP contribution is 2.20. The van der Waals surface area contributed by atoms with Crippen molar-refractivity contribution >= 4 is 33.5 Å². The topological polar surface area (TPSA) is 66.4 Å². The van der Waals surface area contributed by atoms with Crippen LogP contribution < -0.4 is 5.32 Å². The van der Waals surface area contributed by atoms with Crippen molar-refractivity contribution in [3.05, 3.63) is 63.6 Å². The van der Waals surface area contributed by atoms with Gasteiger partial charge in [-0.2, -0.15) is 0 Å². The molecule has 0 saturated carbocycles. The van der Waals surface area contributed by atoms with Crippen LogP contribution in [0, 0.1) is 6.92 Å². The first-order valence-electron chi connectivity index (χ1n) is 6.33. The van der Waals surface area contributed by atoms with Crippen LogP contribution in [0.15, 0.2) is 46.9 Å². The quantitative estimate of drug-likeness (QED) is 0.887. The van der Waals surface area contributed by atoms with Crippen molar-refractivity contribution in [3.8, 4) is 0 Å². The first-order chi connectivity index (χ1) is 9.94. The highest BCUT2D eigenvalue weighted by molar-refractivity contribution is 9.10. The number of hydrogen-bond acceptors (Lipinski definition) is 2. The number of rotatable bonds is 4. The van der Waals surface area contributed by atoms with Gasteiger partial charge in [0.05, 0.1) is 12.0 Å². The molecule has 0 saturated heterocycles. The molecule has 2 N–H and O–H groups in total. The lowest BCUT2D eigenvalue weighted by Gasteiger charge is -2.07. The van der Waals surface area contributed by atoms with Crippen molar-refractivity contribution in [1.82, 2.24) is 0 Å². The molecule has 0 bridgehead atoms. The summed E-state index contributed by atoms with van der Waals surface area (Å²) < 4.78 is 0.605. The number of amides is 1. The molecule has 0 radical (unpaired) electrons. The predicted molar refractivity (Wildman–Crippen MR) is 84.6 cm³/mol. The van der Waals surface area contributed by atoms with Gasteiger partial charge in [0.25, 0.3) is 0 Å². The molecule has 4 nitrogen and oxygen atoms in total. The molecule has 0 aromatic heterocycles. The molecule has 2 aromatic carbocycles. The van der Waals surface area contributed by atoms with Gasteiger partial charge in [-0.05, 0) is 30.7 Å². The first kappa shape index (κ1) is 15.3. The third-order valence-electron chi connectivity index (χ3n) is 2.88. The number of nitrogens with one attached hydrogen (secondary N) is 1. The van der Waals surface area contributed by atoms with Crippen LogP contribution in [-0.4, -0.2) is 17.0 Å². The van der Waals surface area contributed by atoms with Crippen LogP contribution in [0.1, 0.15) is 21.5 Å². The van der Waals surface area contributed by atoms with Gasteiger partial charge < -0.3 is 10.4 Å². The smallest absolute Gasteiger partial charge is 0.335 e. The van der Waals surface area contributed by atoms with Crippen molar-refractivity contribution in [1.29, 1.82) is 0 Å². The molecule has 108 valence electrons. The summed E-state index contributed by atoms with van der Waals surface area (Å²) in [6, 6.07) is 12.3. The third kappa shape index (κ3) is 4.43. The van der Waals surface area contributed by atoms with Crippen LogP contribution in [0.5, 0.6) is 0 Å². The Labute approximate surface area is 130 Å². The summed E-state index contributed by atoms with van der Waals surface area (Å²) in [5.74, 6) is -1.22. The number of carbonyl (C=O) groups is 2. The van der Waals surface area contributed by atoms with E-state index in [1.165, 1.54) is 12.1 Å². The number of hydrogen-bond donors (Lipinski definition) is 2. The van der Waals surface area contributed by atoms with Crippen molar-refractivity contribution in [2.45, 2.75) is 13.3 Å². The highest BCUT2D eigenvalue weighted by atomic mass is 79.9. The average Bonchev–Trinajstić information content (AvgIpc) is 2.37. The molecule has 2 aromatic rings. The maximum atomic E-state index is 12.0. The Morgan fingerprint density at radius 3 is 2.62 bits per heavy atom. The second kappa shape index (κ2) is 6.54. The second-order valence-electron chi connectivity index (χ2n) is 4.75. The fourth-order valence-corrected chi connectivity index (χ4v) is 2.49. The summed E-state index contributed by atoms with van der Waals surface area (Å²) in [4.78, 5) is 23.0. The number of benzene rings is 2. The minimum Gasteiger partial charge on any atom is -0.478 e. The SMILES string of the molecule is Cc1cccc(CC(=O)Nc2cc(Br)cc(C(=O)O)c2)c1. The monoisotopic (exact) mass is 347 g/mol. The molecule has 0 atom stereocenters. The minimum atomic E-state index is -1.04. The van der Waals surface area contributed by atoms with Gasteiger partial charge in [-0.25, -0.2) is 4.79 Å². The molecular weight excluding hydrogens is 334 g/mol. The van der Waals surface area contributed by atoms with E-state index >= 15 is 0 Å². The molecule has 2 rings (SSSR count). The summed E-state index contributed by atoms with van der Waals surface area (Å²) in [6.45, 7) is 1.97. The number of halogens is 1. The molecule has 0 fully saturated rings. The van der Waals surface area contributed by atoms with E-state index in [1.807, 2.05) is 31.2 Å². The lowest BCUT2D eigenvalue weighted by molar-refractivity contribution is -0.115. The third-order valence-corrected chi connectivity index (χ3v) is 3.33. The summed E-state index contributed by atoms with van der Waals surface area (Å²) in [5, 5.41) is 11.7. The molecule has 1 amide bonds. The van der Waals surface area contributed by atoms with E-state index < -0.39 is 5.97 Å². The van der Waals surface area contributed by atoms with Crippen LogP contribution in [0.4, 0.5) is 5.69 Å². The maximum absolute atomic E-state index is 12.0. The van der Waals surface area contributed by atoms with Crippen molar-refractivity contribution in [2.75, 3.05) is 5.32 Å². The summed E-state index contributed by atoms with van der Waals surface area (Å²) >= 11 is 3.23. The zero-order chi connectivity index (χ0) is 15.4. The lowest BCUT2D eigenvalue weighted by atomic mass is 10.1. The number of carbonyl (C=O) groups excluding carboxylic acids is 1. The predicted octanol–water partition coefficient (Wildman–Crippen LogP) is 3.64. The first-order valence-corrected chi connectivity index (χ1v) is 7.12.